The number of hydrogen-bond donors (Lipinski definition) is 3. The minimum Gasteiger partial charge on any atom is -0.494 e. The van der Waals surface area contributed by atoms with E-state index in [2.05, 4.69) is 10.6 Å². The molecule has 110 valence electrons. The molecule has 1 aromatic rings. The van der Waals surface area contributed by atoms with E-state index in [-0.39, 0.29) is 11.9 Å². The van der Waals surface area contributed by atoms with Crippen molar-refractivity contribution in [2.75, 3.05) is 19.7 Å². The lowest BCUT2D eigenvalue weighted by molar-refractivity contribution is -0.122. The van der Waals surface area contributed by atoms with Gasteiger partial charge in [-0.15, -0.1) is 0 Å². The summed E-state index contributed by atoms with van der Waals surface area (Å²) in [6.45, 7) is 3.64. The number of hydrogen-bond acceptors (Lipinski definition) is 4. The van der Waals surface area contributed by atoms with Crippen molar-refractivity contribution in [3.05, 3.63) is 29.8 Å². The van der Waals surface area contributed by atoms with Crippen LogP contribution in [0, 0.1) is 0 Å². The van der Waals surface area contributed by atoms with Crippen molar-refractivity contribution in [2.24, 2.45) is 0 Å². The van der Waals surface area contributed by atoms with Gasteiger partial charge in [0.2, 0.25) is 5.91 Å². The van der Waals surface area contributed by atoms with Gasteiger partial charge >= 0.3 is 0 Å². The maximum absolute atomic E-state index is 11.9. The van der Waals surface area contributed by atoms with Gasteiger partial charge in [-0.2, -0.15) is 0 Å². The van der Waals surface area contributed by atoms with Gasteiger partial charge in [0, 0.05) is 13.1 Å². The van der Waals surface area contributed by atoms with Gasteiger partial charge in [-0.3, -0.25) is 4.79 Å². The topological polar surface area (TPSA) is 70.6 Å². The van der Waals surface area contributed by atoms with Crippen LogP contribution in [0.15, 0.2) is 24.3 Å². The number of aliphatic hydroxyl groups excluding tert-OH is 1. The summed E-state index contributed by atoms with van der Waals surface area (Å²) in [7, 11) is 0. The molecule has 1 aromatic carbocycles. The first-order valence-electron chi connectivity index (χ1n) is 7.10. The molecule has 20 heavy (non-hydrogen) atoms. The highest BCUT2D eigenvalue weighted by Gasteiger charge is 2.27. The van der Waals surface area contributed by atoms with Crippen LogP contribution in [-0.4, -0.2) is 42.9 Å². The summed E-state index contributed by atoms with van der Waals surface area (Å²) in [5.74, 6) is 0.828. The highest BCUT2D eigenvalue weighted by atomic mass is 16.5. The monoisotopic (exact) mass is 278 g/mol. The lowest BCUT2D eigenvalue weighted by atomic mass is 10.1. The summed E-state index contributed by atoms with van der Waals surface area (Å²) in [4.78, 5) is 11.9. The van der Waals surface area contributed by atoms with Gasteiger partial charge < -0.3 is 20.5 Å². The normalized spacial score (nSPS) is 21.7. The molecule has 2 atom stereocenters. The van der Waals surface area contributed by atoms with Crippen molar-refractivity contribution < 1.29 is 14.6 Å². The summed E-state index contributed by atoms with van der Waals surface area (Å²) < 4.78 is 5.55. The van der Waals surface area contributed by atoms with Crippen LogP contribution >= 0.6 is 0 Å². The predicted octanol–water partition coefficient (Wildman–Crippen LogP) is 0.467. The summed E-state index contributed by atoms with van der Waals surface area (Å²) in [6, 6.07) is 7.59. The molecule has 2 unspecified atom stereocenters. The van der Waals surface area contributed by atoms with Gasteiger partial charge in [-0.05, 0) is 31.4 Å². The molecular weight excluding hydrogens is 256 g/mol. The van der Waals surface area contributed by atoms with Gasteiger partial charge in [-0.1, -0.05) is 18.2 Å². The second-order valence-electron chi connectivity index (χ2n) is 4.93. The van der Waals surface area contributed by atoms with Crippen molar-refractivity contribution in [2.45, 2.75) is 31.9 Å². The number of amides is 1. The SMILES string of the molecule is CCOc1ccccc1CCNC(=O)C1CC(O)CN1. The summed E-state index contributed by atoms with van der Waals surface area (Å²) in [5.41, 5.74) is 1.09. The van der Waals surface area contributed by atoms with E-state index < -0.39 is 6.10 Å². The van der Waals surface area contributed by atoms with E-state index in [1.807, 2.05) is 31.2 Å². The van der Waals surface area contributed by atoms with Gasteiger partial charge in [0.15, 0.2) is 0 Å². The first-order valence-corrected chi connectivity index (χ1v) is 7.10. The summed E-state index contributed by atoms with van der Waals surface area (Å²) in [5, 5.41) is 15.3. The minimum atomic E-state index is -0.413. The van der Waals surface area contributed by atoms with E-state index in [9.17, 15) is 9.90 Å². The van der Waals surface area contributed by atoms with Crippen LogP contribution < -0.4 is 15.4 Å². The number of β-amino-alcohol motifs (C(OH)–C–C–N with tert-alkyl or cyclic N) is 1. The Hall–Kier alpha value is -1.59. The Kier molecular flexibility index (Phi) is 5.38. The number of carbonyl (C=O) groups is 1. The van der Waals surface area contributed by atoms with Gasteiger partial charge in [-0.25, -0.2) is 0 Å². The molecule has 0 aliphatic carbocycles. The van der Waals surface area contributed by atoms with Crippen LogP contribution in [0.25, 0.3) is 0 Å². The molecule has 1 heterocycles. The highest BCUT2D eigenvalue weighted by Crippen LogP contribution is 2.18. The van der Waals surface area contributed by atoms with Gasteiger partial charge in [0.25, 0.3) is 0 Å². The standard InChI is InChI=1S/C15H22N2O3/c1-2-20-14-6-4-3-5-11(14)7-8-16-15(19)13-9-12(18)10-17-13/h3-6,12-13,17-18H,2,7-10H2,1H3,(H,16,19). The average Bonchev–Trinajstić information content (AvgIpc) is 2.88. The number of rotatable bonds is 6. The molecule has 1 aliphatic rings. The molecular formula is C15H22N2O3. The van der Waals surface area contributed by atoms with Crippen molar-refractivity contribution in [3.63, 3.8) is 0 Å². The van der Waals surface area contributed by atoms with Gasteiger partial charge in [0.05, 0.1) is 18.8 Å². The maximum Gasteiger partial charge on any atom is 0.237 e. The van der Waals surface area contributed by atoms with Gasteiger partial charge in [0.1, 0.15) is 5.75 Å². The molecule has 1 aliphatic heterocycles. The van der Waals surface area contributed by atoms with Crippen molar-refractivity contribution in [1.29, 1.82) is 0 Å². The molecule has 2 rings (SSSR count). The molecule has 0 spiro atoms. The van der Waals surface area contributed by atoms with Crippen LogP contribution in [-0.2, 0) is 11.2 Å². The summed E-state index contributed by atoms with van der Waals surface area (Å²) >= 11 is 0. The molecule has 1 fully saturated rings. The third kappa shape index (κ3) is 3.95. The first kappa shape index (κ1) is 14.8. The Morgan fingerprint density at radius 3 is 3.00 bits per heavy atom. The van der Waals surface area contributed by atoms with Crippen LogP contribution in [0.2, 0.25) is 0 Å². The number of aliphatic hydroxyl groups is 1. The second kappa shape index (κ2) is 7.26. The molecule has 0 saturated carbocycles. The molecule has 3 N–H and O–H groups in total. The molecule has 1 amide bonds. The third-order valence-corrected chi connectivity index (χ3v) is 3.39. The van der Waals surface area contributed by atoms with E-state index in [1.54, 1.807) is 0 Å². The molecule has 5 nitrogen and oxygen atoms in total. The summed E-state index contributed by atoms with van der Waals surface area (Å²) in [6.07, 6.45) is 0.808. The zero-order valence-electron chi connectivity index (χ0n) is 11.8. The van der Waals surface area contributed by atoms with E-state index in [0.717, 1.165) is 17.7 Å². The molecule has 0 radical (unpaired) electrons. The van der Waals surface area contributed by atoms with Crippen LogP contribution in [0.4, 0.5) is 0 Å². The number of carbonyl (C=O) groups excluding carboxylic acids is 1. The smallest absolute Gasteiger partial charge is 0.237 e. The zero-order valence-corrected chi connectivity index (χ0v) is 11.8. The maximum atomic E-state index is 11.9. The van der Waals surface area contributed by atoms with E-state index >= 15 is 0 Å². The predicted molar refractivity (Wildman–Crippen MR) is 76.7 cm³/mol. The van der Waals surface area contributed by atoms with Crippen LogP contribution in [0.5, 0.6) is 5.75 Å². The Balaban J connectivity index is 1.79. The van der Waals surface area contributed by atoms with E-state index in [1.165, 1.54) is 0 Å². The van der Waals surface area contributed by atoms with E-state index in [0.29, 0.717) is 26.1 Å². The Morgan fingerprint density at radius 1 is 1.50 bits per heavy atom. The van der Waals surface area contributed by atoms with Crippen molar-refractivity contribution in [1.82, 2.24) is 10.6 Å². The quantitative estimate of drug-likeness (QED) is 0.707. The number of benzene rings is 1. The Morgan fingerprint density at radius 2 is 2.30 bits per heavy atom. The Labute approximate surface area is 119 Å². The van der Waals surface area contributed by atoms with Crippen molar-refractivity contribution in [3.8, 4) is 5.75 Å². The van der Waals surface area contributed by atoms with Crippen LogP contribution in [0.1, 0.15) is 18.9 Å². The third-order valence-electron chi connectivity index (χ3n) is 3.39. The fourth-order valence-electron chi connectivity index (χ4n) is 2.37. The second-order valence-corrected chi connectivity index (χ2v) is 4.93. The fourth-order valence-corrected chi connectivity index (χ4v) is 2.37. The van der Waals surface area contributed by atoms with E-state index in [4.69, 9.17) is 4.74 Å². The number of ether oxygens (including phenoxy) is 1. The average molecular weight is 278 g/mol. The fraction of sp³-hybridized carbons (Fsp3) is 0.533. The lowest BCUT2D eigenvalue weighted by Crippen LogP contribution is -2.41. The Bertz CT molecular complexity index is 450. The van der Waals surface area contributed by atoms with Crippen LogP contribution in [0.3, 0.4) is 0 Å². The highest BCUT2D eigenvalue weighted by molar-refractivity contribution is 5.82. The molecule has 0 bridgehead atoms. The number of para-hydroxylation sites is 1. The molecule has 1 saturated heterocycles. The lowest BCUT2D eigenvalue weighted by Gasteiger charge is -2.13. The number of nitrogens with one attached hydrogen (secondary N) is 2. The first-order chi connectivity index (χ1) is 9.70. The largest absolute Gasteiger partial charge is 0.494 e. The molecule has 0 aromatic heterocycles. The minimum absolute atomic E-state index is 0.0459. The molecule has 5 heteroatoms. The zero-order chi connectivity index (χ0) is 14.4. The van der Waals surface area contributed by atoms with Crippen molar-refractivity contribution >= 4 is 5.91 Å².